The lowest BCUT2D eigenvalue weighted by Gasteiger charge is -2.16. The van der Waals surface area contributed by atoms with Gasteiger partial charge < -0.3 is 24.8 Å². The number of rotatable bonds is 8. The molecule has 0 aliphatic heterocycles. The lowest BCUT2D eigenvalue weighted by molar-refractivity contribution is 0.323. The molecule has 0 unspecified atom stereocenters. The van der Waals surface area contributed by atoms with Gasteiger partial charge in [0, 0.05) is 20.1 Å². The molecular weight excluding hydrogens is 294 g/mol. The van der Waals surface area contributed by atoms with Crippen LogP contribution in [0.15, 0.2) is 17.1 Å². The van der Waals surface area contributed by atoms with Crippen molar-refractivity contribution in [2.24, 2.45) is 10.9 Å². The van der Waals surface area contributed by atoms with Crippen LogP contribution in [0.2, 0.25) is 0 Å². The van der Waals surface area contributed by atoms with Crippen molar-refractivity contribution in [1.82, 2.24) is 10.6 Å². The summed E-state index contributed by atoms with van der Waals surface area (Å²) in [6.45, 7) is 5.91. The van der Waals surface area contributed by atoms with Crippen molar-refractivity contribution in [1.29, 1.82) is 0 Å². The van der Waals surface area contributed by atoms with E-state index in [4.69, 9.17) is 14.2 Å². The van der Waals surface area contributed by atoms with Gasteiger partial charge in [-0.3, -0.25) is 4.99 Å². The van der Waals surface area contributed by atoms with Gasteiger partial charge in [-0.2, -0.15) is 0 Å². The van der Waals surface area contributed by atoms with Crippen LogP contribution in [0.25, 0.3) is 0 Å². The molecule has 0 atom stereocenters. The molecule has 0 amide bonds. The summed E-state index contributed by atoms with van der Waals surface area (Å²) in [6, 6.07) is 3.85. The fraction of sp³-hybridized carbons (Fsp3) is 0.588. The molecule has 130 valence electrons. The van der Waals surface area contributed by atoms with E-state index in [1.165, 1.54) is 0 Å². The molecule has 0 spiro atoms. The van der Waals surface area contributed by atoms with E-state index in [1.807, 2.05) is 12.1 Å². The average molecular weight is 323 g/mol. The van der Waals surface area contributed by atoms with Crippen molar-refractivity contribution in [3.63, 3.8) is 0 Å². The van der Waals surface area contributed by atoms with E-state index < -0.39 is 0 Å². The molecule has 0 saturated heterocycles. The highest BCUT2D eigenvalue weighted by atomic mass is 16.5. The monoisotopic (exact) mass is 323 g/mol. The summed E-state index contributed by atoms with van der Waals surface area (Å²) in [5.41, 5.74) is 1.02. The van der Waals surface area contributed by atoms with Gasteiger partial charge in [-0.1, -0.05) is 13.8 Å². The Morgan fingerprint density at radius 3 is 2.09 bits per heavy atom. The third kappa shape index (κ3) is 5.88. The number of guanidine groups is 1. The van der Waals surface area contributed by atoms with Gasteiger partial charge in [0.2, 0.25) is 5.75 Å². The Morgan fingerprint density at radius 1 is 1.04 bits per heavy atom. The third-order valence-corrected chi connectivity index (χ3v) is 3.42. The van der Waals surface area contributed by atoms with Crippen LogP contribution in [-0.4, -0.2) is 40.9 Å². The van der Waals surface area contributed by atoms with Crippen LogP contribution in [0.4, 0.5) is 0 Å². The Kier molecular flexibility index (Phi) is 8.08. The number of nitrogens with zero attached hydrogens (tertiary/aromatic N) is 1. The van der Waals surface area contributed by atoms with E-state index in [0.29, 0.717) is 29.7 Å². The fourth-order valence-corrected chi connectivity index (χ4v) is 2.12. The van der Waals surface area contributed by atoms with Crippen LogP contribution in [0.3, 0.4) is 0 Å². The quantitative estimate of drug-likeness (QED) is 0.568. The maximum absolute atomic E-state index is 5.37. The smallest absolute Gasteiger partial charge is 0.203 e. The fourth-order valence-electron chi connectivity index (χ4n) is 2.12. The minimum Gasteiger partial charge on any atom is -0.493 e. The second-order valence-corrected chi connectivity index (χ2v) is 5.57. The molecule has 1 rings (SSSR count). The Hall–Kier alpha value is -2.11. The molecule has 1 aromatic rings. The molecule has 0 aromatic heterocycles. The SMILES string of the molecule is CN=C(NCCC(C)C)NCc1cc(OC)c(OC)c(OC)c1. The van der Waals surface area contributed by atoms with E-state index in [0.717, 1.165) is 24.5 Å². The van der Waals surface area contributed by atoms with Crippen LogP contribution >= 0.6 is 0 Å². The van der Waals surface area contributed by atoms with Crippen LogP contribution in [0, 0.1) is 5.92 Å². The summed E-state index contributed by atoms with van der Waals surface area (Å²) in [5.74, 6) is 3.33. The lowest BCUT2D eigenvalue weighted by Crippen LogP contribution is -2.37. The van der Waals surface area contributed by atoms with Crippen LogP contribution in [-0.2, 0) is 6.54 Å². The first kappa shape index (κ1) is 18.9. The number of methoxy groups -OCH3 is 3. The predicted molar refractivity (Wildman–Crippen MR) is 93.8 cm³/mol. The highest BCUT2D eigenvalue weighted by Gasteiger charge is 2.13. The number of ether oxygens (including phenoxy) is 3. The van der Waals surface area contributed by atoms with Crippen molar-refractivity contribution in [3.05, 3.63) is 17.7 Å². The molecule has 1 aromatic carbocycles. The number of nitrogens with one attached hydrogen (secondary N) is 2. The predicted octanol–water partition coefficient (Wildman–Crippen LogP) is 2.42. The summed E-state index contributed by atoms with van der Waals surface area (Å²) >= 11 is 0. The zero-order valence-electron chi connectivity index (χ0n) is 15.0. The molecule has 0 aliphatic carbocycles. The highest BCUT2D eigenvalue weighted by Crippen LogP contribution is 2.38. The minimum atomic E-state index is 0.596. The Bertz CT molecular complexity index is 491. The molecule has 0 aliphatic rings. The largest absolute Gasteiger partial charge is 0.493 e. The van der Waals surface area contributed by atoms with Crippen LogP contribution < -0.4 is 24.8 Å². The first-order chi connectivity index (χ1) is 11.0. The van der Waals surface area contributed by atoms with Crippen LogP contribution in [0.5, 0.6) is 17.2 Å². The normalized spacial score (nSPS) is 11.3. The molecule has 23 heavy (non-hydrogen) atoms. The zero-order valence-corrected chi connectivity index (χ0v) is 15.0. The second kappa shape index (κ2) is 9.82. The van der Waals surface area contributed by atoms with E-state index in [-0.39, 0.29) is 0 Å². The molecule has 0 bridgehead atoms. The second-order valence-electron chi connectivity index (χ2n) is 5.57. The van der Waals surface area contributed by atoms with Gasteiger partial charge >= 0.3 is 0 Å². The van der Waals surface area contributed by atoms with Gasteiger partial charge in [-0.05, 0) is 30.0 Å². The van der Waals surface area contributed by atoms with E-state index in [2.05, 4.69) is 29.5 Å². The van der Waals surface area contributed by atoms with Gasteiger partial charge in [0.1, 0.15) is 0 Å². The highest BCUT2D eigenvalue weighted by molar-refractivity contribution is 5.79. The first-order valence-electron chi connectivity index (χ1n) is 7.79. The van der Waals surface area contributed by atoms with Crippen molar-refractivity contribution < 1.29 is 14.2 Å². The van der Waals surface area contributed by atoms with Crippen molar-refractivity contribution >= 4 is 5.96 Å². The summed E-state index contributed by atoms with van der Waals surface area (Å²) in [4.78, 5) is 4.23. The summed E-state index contributed by atoms with van der Waals surface area (Å²) in [7, 11) is 6.58. The van der Waals surface area contributed by atoms with Gasteiger partial charge in [-0.25, -0.2) is 0 Å². The van der Waals surface area contributed by atoms with Gasteiger partial charge in [-0.15, -0.1) is 0 Å². The molecule has 0 heterocycles. The van der Waals surface area contributed by atoms with Crippen molar-refractivity contribution in [2.75, 3.05) is 34.9 Å². The number of hydrogen-bond acceptors (Lipinski definition) is 4. The summed E-state index contributed by atoms with van der Waals surface area (Å²) in [6.07, 6.45) is 1.10. The Labute approximate surface area is 139 Å². The third-order valence-electron chi connectivity index (χ3n) is 3.42. The van der Waals surface area contributed by atoms with Gasteiger partial charge in [0.05, 0.1) is 21.3 Å². The van der Waals surface area contributed by atoms with E-state index in [1.54, 1.807) is 28.4 Å². The maximum Gasteiger partial charge on any atom is 0.203 e. The van der Waals surface area contributed by atoms with E-state index >= 15 is 0 Å². The topological polar surface area (TPSA) is 64.1 Å². The Balaban J connectivity index is 2.72. The van der Waals surface area contributed by atoms with E-state index in [9.17, 15) is 0 Å². The van der Waals surface area contributed by atoms with Crippen molar-refractivity contribution in [3.8, 4) is 17.2 Å². The molecule has 0 fully saturated rings. The van der Waals surface area contributed by atoms with Gasteiger partial charge in [0.25, 0.3) is 0 Å². The zero-order chi connectivity index (χ0) is 17.2. The standard InChI is InChI=1S/C17H29N3O3/c1-12(2)7-8-19-17(18-3)20-11-13-9-14(21-4)16(23-6)15(10-13)22-5/h9-10,12H,7-8,11H2,1-6H3,(H2,18,19,20). The molecule has 0 saturated carbocycles. The molecule has 6 nitrogen and oxygen atoms in total. The molecule has 2 N–H and O–H groups in total. The Morgan fingerprint density at radius 2 is 1.65 bits per heavy atom. The molecular formula is C17H29N3O3. The molecule has 0 radical (unpaired) electrons. The number of hydrogen-bond donors (Lipinski definition) is 2. The minimum absolute atomic E-state index is 0.596. The summed E-state index contributed by atoms with van der Waals surface area (Å²) < 4.78 is 16.1. The average Bonchev–Trinajstić information content (AvgIpc) is 2.56. The first-order valence-corrected chi connectivity index (χ1v) is 7.79. The van der Waals surface area contributed by atoms with Gasteiger partial charge in [0.15, 0.2) is 17.5 Å². The van der Waals surface area contributed by atoms with Crippen LogP contribution in [0.1, 0.15) is 25.8 Å². The maximum atomic E-state index is 5.37. The molecule has 6 heteroatoms. The number of aliphatic imine (C=N–C) groups is 1. The number of benzene rings is 1. The lowest BCUT2D eigenvalue weighted by atomic mass is 10.1. The summed E-state index contributed by atoms with van der Waals surface area (Å²) in [5, 5.41) is 6.59. The van der Waals surface area contributed by atoms with Crippen molar-refractivity contribution in [2.45, 2.75) is 26.8 Å².